The molecule has 0 atom stereocenters. The third kappa shape index (κ3) is 4.11. The molecule has 0 bridgehead atoms. The highest BCUT2D eigenvalue weighted by Gasteiger charge is 2.19. The van der Waals surface area contributed by atoms with Crippen LogP contribution in [-0.4, -0.2) is 46.6 Å². The van der Waals surface area contributed by atoms with Crippen LogP contribution >= 0.6 is 11.6 Å². The Balaban J connectivity index is 1.59. The molecule has 0 saturated carbocycles. The molecule has 29 heavy (non-hydrogen) atoms. The van der Waals surface area contributed by atoms with Gasteiger partial charge in [-0.2, -0.15) is 0 Å². The lowest BCUT2D eigenvalue weighted by Crippen LogP contribution is -2.36. The van der Waals surface area contributed by atoms with Crippen LogP contribution in [-0.2, 0) is 11.2 Å². The first kappa shape index (κ1) is 19.4. The summed E-state index contributed by atoms with van der Waals surface area (Å²) in [4.78, 5) is 31.6. The molecule has 4 rings (SSSR count). The van der Waals surface area contributed by atoms with E-state index in [9.17, 15) is 14.7 Å². The van der Waals surface area contributed by atoms with Crippen molar-refractivity contribution >= 4 is 28.7 Å². The van der Waals surface area contributed by atoms with Crippen molar-refractivity contribution in [2.45, 2.75) is 12.8 Å². The minimum absolute atomic E-state index is 0.129. The Labute approximate surface area is 172 Å². The first-order valence-corrected chi connectivity index (χ1v) is 9.76. The number of benzene rings is 1. The lowest BCUT2D eigenvalue weighted by molar-refractivity contribution is 0.0975. The van der Waals surface area contributed by atoms with Crippen molar-refractivity contribution in [3.8, 4) is 5.75 Å². The number of halogens is 1. The first-order chi connectivity index (χ1) is 14.0. The number of aromatic hydroxyl groups is 1. The number of ketones is 1. The molecule has 0 spiro atoms. The Morgan fingerprint density at radius 2 is 1.86 bits per heavy atom. The number of rotatable bonds is 5. The van der Waals surface area contributed by atoms with Crippen molar-refractivity contribution in [1.29, 1.82) is 0 Å². The summed E-state index contributed by atoms with van der Waals surface area (Å²) in [6, 6.07) is 10.7. The monoisotopic (exact) mass is 413 g/mol. The highest BCUT2D eigenvalue weighted by molar-refractivity contribution is 6.30. The van der Waals surface area contributed by atoms with Gasteiger partial charge in [-0.05, 0) is 36.2 Å². The highest BCUT2D eigenvalue weighted by Crippen LogP contribution is 2.19. The molecule has 150 valence electrons. The Kier molecular flexibility index (Phi) is 5.51. The Hall–Kier alpha value is -2.90. The van der Waals surface area contributed by atoms with Crippen molar-refractivity contribution in [1.82, 2.24) is 9.38 Å². The molecule has 0 aliphatic carbocycles. The highest BCUT2D eigenvalue weighted by atomic mass is 35.5. The maximum absolute atomic E-state index is 12.7. The van der Waals surface area contributed by atoms with Crippen LogP contribution in [0.4, 0.5) is 5.69 Å². The summed E-state index contributed by atoms with van der Waals surface area (Å²) in [6.07, 6.45) is 2.23. The number of fused-ring (bicyclic) bond motifs is 1. The maximum Gasteiger partial charge on any atom is 0.300 e. The Bertz CT molecular complexity index is 1110. The molecule has 1 N–H and O–H groups in total. The van der Waals surface area contributed by atoms with E-state index in [1.165, 1.54) is 4.40 Å². The van der Waals surface area contributed by atoms with Crippen LogP contribution in [0.5, 0.6) is 5.75 Å². The summed E-state index contributed by atoms with van der Waals surface area (Å²) >= 11 is 5.87. The molecule has 7 nitrogen and oxygen atoms in total. The topological polar surface area (TPSA) is 84.1 Å². The number of morpholine rings is 1. The average molecular weight is 414 g/mol. The van der Waals surface area contributed by atoms with Crippen LogP contribution in [0.2, 0.25) is 5.02 Å². The van der Waals surface area contributed by atoms with Gasteiger partial charge >= 0.3 is 5.56 Å². The summed E-state index contributed by atoms with van der Waals surface area (Å²) in [7, 11) is 0. The van der Waals surface area contributed by atoms with Gasteiger partial charge in [-0.1, -0.05) is 23.7 Å². The van der Waals surface area contributed by atoms with Crippen molar-refractivity contribution < 1.29 is 14.6 Å². The summed E-state index contributed by atoms with van der Waals surface area (Å²) in [5.74, 6) is -1.00. The predicted octanol–water partition coefficient (Wildman–Crippen LogP) is 2.71. The minimum atomic E-state index is -0.653. The number of aromatic nitrogens is 2. The second kappa shape index (κ2) is 8.23. The number of Topliss-reactive ketones (excluding diaryl/α,β-unsaturated/α-hetero) is 1. The number of pyridine rings is 1. The van der Waals surface area contributed by atoms with E-state index in [0.29, 0.717) is 30.3 Å². The summed E-state index contributed by atoms with van der Waals surface area (Å²) in [5.41, 5.74) is 1.25. The van der Waals surface area contributed by atoms with E-state index in [1.807, 2.05) is 18.2 Å². The van der Waals surface area contributed by atoms with Gasteiger partial charge in [-0.3, -0.25) is 14.0 Å². The van der Waals surface area contributed by atoms with Crippen LogP contribution in [0.3, 0.4) is 0 Å². The van der Waals surface area contributed by atoms with Gasteiger partial charge in [0.15, 0.2) is 11.5 Å². The second-order valence-corrected chi connectivity index (χ2v) is 7.32. The van der Waals surface area contributed by atoms with Gasteiger partial charge in [0.05, 0.1) is 18.9 Å². The summed E-state index contributed by atoms with van der Waals surface area (Å²) in [6.45, 7) is 2.69. The number of hydrogen-bond acceptors (Lipinski definition) is 6. The quantitative estimate of drug-likeness (QED) is 0.647. The zero-order valence-electron chi connectivity index (χ0n) is 15.7. The first-order valence-electron chi connectivity index (χ1n) is 9.38. The number of nitrogens with zero attached hydrogens (tertiary/aromatic N) is 3. The van der Waals surface area contributed by atoms with E-state index >= 15 is 0 Å². The molecule has 2 aromatic heterocycles. The smallest absolute Gasteiger partial charge is 0.300 e. The van der Waals surface area contributed by atoms with Crippen LogP contribution in [0.25, 0.3) is 5.65 Å². The predicted molar refractivity (Wildman–Crippen MR) is 110 cm³/mol. The maximum atomic E-state index is 12.7. The summed E-state index contributed by atoms with van der Waals surface area (Å²) in [5, 5.41) is 11.0. The molecule has 8 heteroatoms. The molecule has 1 aliphatic rings. The van der Waals surface area contributed by atoms with Crippen LogP contribution in [0.15, 0.2) is 47.4 Å². The molecule has 1 aliphatic heterocycles. The molecule has 0 unspecified atom stereocenters. The molecule has 3 aromatic rings. The number of ether oxygens (including phenoxy) is 1. The van der Waals surface area contributed by atoms with Crippen molar-refractivity contribution in [3.63, 3.8) is 0 Å². The lowest BCUT2D eigenvalue weighted by atomic mass is 10.1. The molecule has 1 saturated heterocycles. The van der Waals surface area contributed by atoms with E-state index in [0.717, 1.165) is 24.3 Å². The molecule has 1 fully saturated rings. The molecule has 1 aromatic carbocycles. The van der Waals surface area contributed by atoms with E-state index in [1.54, 1.807) is 24.4 Å². The second-order valence-electron chi connectivity index (χ2n) is 6.88. The Morgan fingerprint density at radius 3 is 2.59 bits per heavy atom. The molecule has 3 heterocycles. The number of hydrogen-bond donors (Lipinski definition) is 1. The minimum Gasteiger partial charge on any atom is -0.501 e. The number of carbonyl (C=O) groups is 1. The summed E-state index contributed by atoms with van der Waals surface area (Å²) < 4.78 is 6.62. The van der Waals surface area contributed by atoms with Crippen LogP contribution in [0.1, 0.15) is 22.5 Å². The third-order valence-corrected chi connectivity index (χ3v) is 5.23. The van der Waals surface area contributed by atoms with E-state index in [2.05, 4.69) is 9.88 Å². The molecule has 0 amide bonds. The molecular formula is C21H20ClN3O4. The number of anilines is 1. The van der Waals surface area contributed by atoms with Crippen LogP contribution in [0, 0.1) is 0 Å². The lowest BCUT2D eigenvalue weighted by Gasteiger charge is -2.28. The van der Waals surface area contributed by atoms with Crippen molar-refractivity contribution in [2.24, 2.45) is 0 Å². The van der Waals surface area contributed by atoms with E-state index < -0.39 is 11.3 Å². The van der Waals surface area contributed by atoms with Gasteiger partial charge < -0.3 is 14.7 Å². The largest absolute Gasteiger partial charge is 0.501 e. The normalized spacial score (nSPS) is 14.3. The average Bonchev–Trinajstić information content (AvgIpc) is 2.76. The SMILES string of the molecule is O=C(CCc1ccc(Cl)cc1)c1nc2ccc(N3CCOCC3)cn2c(=O)c1O. The fraction of sp³-hybridized carbons (Fsp3) is 0.286. The van der Waals surface area contributed by atoms with Crippen molar-refractivity contribution in [2.75, 3.05) is 31.2 Å². The molecule has 0 radical (unpaired) electrons. The van der Waals surface area contributed by atoms with Gasteiger partial charge in [0.25, 0.3) is 0 Å². The van der Waals surface area contributed by atoms with E-state index in [4.69, 9.17) is 16.3 Å². The van der Waals surface area contributed by atoms with Crippen LogP contribution < -0.4 is 10.5 Å². The Morgan fingerprint density at radius 1 is 1.14 bits per heavy atom. The fourth-order valence-electron chi connectivity index (χ4n) is 3.35. The zero-order chi connectivity index (χ0) is 20.4. The van der Waals surface area contributed by atoms with Gasteiger partial charge in [0.1, 0.15) is 5.65 Å². The zero-order valence-corrected chi connectivity index (χ0v) is 16.4. The third-order valence-electron chi connectivity index (χ3n) is 4.98. The number of aryl methyl sites for hydroxylation is 1. The number of carbonyl (C=O) groups excluding carboxylic acids is 1. The molecular weight excluding hydrogens is 394 g/mol. The van der Waals surface area contributed by atoms with Gasteiger partial charge in [-0.25, -0.2) is 4.98 Å². The standard InChI is InChI=1S/C21H20ClN3O4/c22-15-4-1-14(2-5-15)3-7-17(26)19-20(27)21(28)25-13-16(6-8-18(25)23-19)24-9-11-29-12-10-24/h1-2,4-6,8,13,27H,3,7,9-12H2. The van der Waals surface area contributed by atoms with Gasteiger partial charge in [0, 0.05) is 30.7 Å². The van der Waals surface area contributed by atoms with Gasteiger partial charge in [0.2, 0.25) is 5.75 Å². The fourth-order valence-corrected chi connectivity index (χ4v) is 3.47. The van der Waals surface area contributed by atoms with Crippen molar-refractivity contribution in [3.05, 3.63) is 69.2 Å². The van der Waals surface area contributed by atoms with E-state index in [-0.39, 0.29) is 17.9 Å². The van der Waals surface area contributed by atoms with Gasteiger partial charge in [-0.15, -0.1) is 0 Å².